The third kappa shape index (κ3) is 2.15. The molecule has 1 aromatic carbocycles. The standard InChI is InChI=1S/C8H7BrClFS/c1-2-12-8-6(11)4-3-5(10)7(8)9/h3-4H,2H2,1H3. The molecule has 0 spiro atoms. The Kier molecular flexibility index (Phi) is 3.87. The van der Waals surface area contributed by atoms with Gasteiger partial charge in [0.1, 0.15) is 5.82 Å². The molecule has 0 saturated heterocycles. The number of halogens is 3. The molecule has 0 heterocycles. The fourth-order valence-corrected chi connectivity index (χ4v) is 2.39. The fourth-order valence-electron chi connectivity index (χ4n) is 0.785. The lowest BCUT2D eigenvalue weighted by Gasteiger charge is -2.04. The van der Waals surface area contributed by atoms with Crippen molar-refractivity contribution < 1.29 is 4.39 Å². The Hall–Kier alpha value is 0.270. The fraction of sp³-hybridized carbons (Fsp3) is 0.250. The van der Waals surface area contributed by atoms with Gasteiger partial charge in [-0.05, 0) is 33.8 Å². The molecule has 0 N–H and O–H groups in total. The maximum atomic E-state index is 13.1. The first-order chi connectivity index (χ1) is 5.66. The minimum atomic E-state index is -0.224. The summed E-state index contributed by atoms with van der Waals surface area (Å²) in [5, 5.41) is 0.548. The van der Waals surface area contributed by atoms with E-state index in [9.17, 15) is 4.39 Å². The van der Waals surface area contributed by atoms with Gasteiger partial charge in [-0.2, -0.15) is 0 Å². The lowest BCUT2D eigenvalue weighted by atomic mass is 10.3. The van der Waals surface area contributed by atoms with Crippen molar-refractivity contribution in [2.45, 2.75) is 11.8 Å². The van der Waals surface area contributed by atoms with Gasteiger partial charge in [0, 0.05) is 0 Å². The summed E-state index contributed by atoms with van der Waals surface area (Å²) in [7, 11) is 0. The second-order valence-electron chi connectivity index (χ2n) is 2.11. The van der Waals surface area contributed by atoms with Gasteiger partial charge >= 0.3 is 0 Å². The smallest absolute Gasteiger partial charge is 0.138 e. The molecule has 0 saturated carbocycles. The van der Waals surface area contributed by atoms with Gasteiger partial charge in [-0.3, -0.25) is 0 Å². The number of hydrogen-bond donors (Lipinski definition) is 0. The van der Waals surface area contributed by atoms with E-state index in [1.165, 1.54) is 17.8 Å². The van der Waals surface area contributed by atoms with Crippen LogP contribution in [0.15, 0.2) is 21.5 Å². The summed E-state index contributed by atoms with van der Waals surface area (Å²) in [6.45, 7) is 1.97. The number of benzene rings is 1. The molecule has 0 aliphatic carbocycles. The van der Waals surface area contributed by atoms with Crippen molar-refractivity contribution in [3.05, 3.63) is 27.4 Å². The Morgan fingerprint density at radius 1 is 1.58 bits per heavy atom. The normalized spacial score (nSPS) is 10.3. The second kappa shape index (κ2) is 4.49. The van der Waals surface area contributed by atoms with Gasteiger partial charge in [-0.15, -0.1) is 11.8 Å². The largest absolute Gasteiger partial charge is 0.206 e. The molecular weight excluding hydrogens is 263 g/mol. The third-order valence-electron chi connectivity index (χ3n) is 1.29. The number of rotatable bonds is 2. The van der Waals surface area contributed by atoms with Crippen molar-refractivity contribution in [1.82, 2.24) is 0 Å². The van der Waals surface area contributed by atoms with Crippen LogP contribution in [-0.4, -0.2) is 5.75 Å². The van der Waals surface area contributed by atoms with Gasteiger partial charge in [-0.1, -0.05) is 18.5 Å². The molecule has 66 valence electrons. The van der Waals surface area contributed by atoms with Gasteiger partial charge in [0.15, 0.2) is 0 Å². The van der Waals surface area contributed by atoms with Crippen LogP contribution in [0.25, 0.3) is 0 Å². The van der Waals surface area contributed by atoms with Gasteiger partial charge in [-0.25, -0.2) is 4.39 Å². The van der Waals surface area contributed by atoms with Crippen LogP contribution >= 0.6 is 39.3 Å². The van der Waals surface area contributed by atoms with Crippen molar-refractivity contribution in [3.63, 3.8) is 0 Å². The molecule has 1 rings (SSSR count). The third-order valence-corrected chi connectivity index (χ3v) is 3.90. The van der Waals surface area contributed by atoms with E-state index in [-0.39, 0.29) is 5.82 Å². The quantitative estimate of drug-likeness (QED) is 0.568. The Bertz CT molecular complexity index is 291. The highest BCUT2D eigenvalue weighted by Gasteiger charge is 2.09. The molecule has 0 unspecified atom stereocenters. The van der Waals surface area contributed by atoms with Crippen LogP contribution in [0, 0.1) is 5.82 Å². The van der Waals surface area contributed by atoms with E-state index < -0.39 is 0 Å². The monoisotopic (exact) mass is 268 g/mol. The minimum Gasteiger partial charge on any atom is -0.206 e. The first-order valence-corrected chi connectivity index (χ1v) is 5.58. The van der Waals surface area contributed by atoms with E-state index in [2.05, 4.69) is 15.9 Å². The lowest BCUT2D eigenvalue weighted by Crippen LogP contribution is -1.84. The molecule has 0 amide bonds. The molecule has 12 heavy (non-hydrogen) atoms. The molecule has 0 aromatic heterocycles. The van der Waals surface area contributed by atoms with E-state index in [0.717, 1.165) is 5.75 Å². The molecular formula is C8H7BrClFS. The van der Waals surface area contributed by atoms with Crippen molar-refractivity contribution in [2.24, 2.45) is 0 Å². The number of hydrogen-bond acceptors (Lipinski definition) is 1. The summed E-state index contributed by atoms with van der Waals surface area (Å²) in [6.07, 6.45) is 0. The Morgan fingerprint density at radius 3 is 2.83 bits per heavy atom. The van der Waals surface area contributed by atoms with Crippen molar-refractivity contribution >= 4 is 39.3 Å². The summed E-state index contributed by atoms with van der Waals surface area (Å²) in [5.41, 5.74) is 0. The predicted molar refractivity (Wildman–Crippen MR) is 55.5 cm³/mol. The molecule has 4 heteroatoms. The topological polar surface area (TPSA) is 0 Å². The van der Waals surface area contributed by atoms with E-state index in [4.69, 9.17) is 11.6 Å². The van der Waals surface area contributed by atoms with Crippen LogP contribution in [-0.2, 0) is 0 Å². The first kappa shape index (κ1) is 10.4. The average Bonchev–Trinajstić information content (AvgIpc) is 2.06. The lowest BCUT2D eigenvalue weighted by molar-refractivity contribution is 0.600. The molecule has 0 aliphatic rings. The highest BCUT2D eigenvalue weighted by Crippen LogP contribution is 2.35. The molecule has 0 aliphatic heterocycles. The van der Waals surface area contributed by atoms with E-state index >= 15 is 0 Å². The van der Waals surface area contributed by atoms with Crippen molar-refractivity contribution in [3.8, 4) is 0 Å². The SMILES string of the molecule is CCSc1c(F)ccc(Cl)c1Br. The van der Waals surface area contributed by atoms with Crippen LogP contribution < -0.4 is 0 Å². The summed E-state index contributed by atoms with van der Waals surface area (Å²) in [6, 6.07) is 2.92. The second-order valence-corrected chi connectivity index (χ2v) is 4.58. The molecule has 1 aromatic rings. The maximum absolute atomic E-state index is 13.1. The van der Waals surface area contributed by atoms with Crippen molar-refractivity contribution in [2.75, 3.05) is 5.75 Å². The van der Waals surface area contributed by atoms with Crippen molar-refractivity contribution in [1.29, 1.82) is 0 Å². The minimum absolute atomic E-state index is 0.224. The molecule has 0 fully saturated rings. The maximum Gasteiger partial charge on any atom is 0.138 e. The average molecular weight is 270 g/mol. The Balaban J connectivity index is 3.14. The van der Waals surface area contributed by atoms with Crippen LogP contribution in [0.3, 0.4) is 0 Å². The van der Waals surface area contributed by atoms with E-state index in [1.807, 2.05) is 6.92 Å². The van der Waals surface area contributed by atoms with E-state index in [1.54, 1.807) is 6.07 Å². The zero-order chi connectivity index (χ0) is 9.14. The summed E-state index contributed by atoms with van der Waals surface area (Å²) in [4.78, 5) is 0.588. The van der Waals surface area contributed by atoms with Gasteiger partial charge in [0.25, 0.3) is 0 Å². The highest BCUT2D eigenvalue weighted by atomic mass is 79.9. The molecule has 0 radical (unpaired) electrons. The summed E-state index contributed by atoms with van der Waals surface area (Å²) < 4.78 is 13.8. The summed E-state index contributed by atoms with van der Waals surface area (Å²) in [5.74, 6) is 0.605. The Morgan fingerprint density at radius 2 is 2.25 bits per heavy atom. The Labute approximate surface area is 88.6 Å². The zero-order valence-electron chi connectivity index (χ0n) is 6.40. The molecule has 0 nitrogen and oxygen atoms in total. The molecule has 0 bridgehead atoms. The first-order valence-electron chi connectivity index (χ1n) is 3.43. The highest BCUT2D eigenvalue weighted by molar-refractivity contribution is 9.10. The zero-order valence-corrected chi connectivity index (χ0v) is 9.56. The van der Waals surface area contributed by atoms with Crippen LogP contribution in [0.2, 0.25) is 5.02 Å². The molecule has 0 atom stereocenters. The summed E-state index contributed by atoms with van der Waals surface area (Å²) >= 11 is 10.5. The van der Waals surface area contributed by atoms with Crippen LogP contribution in [0.4, 0.5) is 4.39 Å². The van der Waals surface area contributed by atoms with Crippen LogP contribution in [0.5, 0.6) is 0 Å². The van der Waals surface area contributed by atoms with E-state index in [0.29, 0.717) is 14.4 Å². The van der Waals surface area contributed by atoms with Gasteiger partial charge < -0.3 is 0 Å². The van der Waals surface area contributed by atoms with Crippen LogP contribution in [0.1, 0.15) is 6.92 Å². The number of thioether (sulfide) groups is 1. The van der Waals surface area contributed by atoms with Gasteiger partial charge in [0.2, 0.25) is 0 Å². The predicted octanol–water partition coefficient (Wildman–Crippen LogP) is 4.35. The van der Waals surface area contributed by atoms with Gasteiger partial charge in [0.05, 0.1) is 14.4 Å².